The normalized spacial score (nSPS) is 13.3. The molecule has 0 saturated carbocycles. The van der Waals surface area contributed by atoms with Crippen LogP contribution in [0.5, 0.6) is 5.75 Å². The van der Waals surface area contributed by atoms with E-state index < -0.39 is 29.6 Å². The number of aromatic hydroxyl groups is 1. The molecule has 0 amide bonds. The number of hydrogen-bond acceptors (Lipinski definition) is 2. The summed E-state index contributed by atoms with van der Waals surface area (Å²) in [6.07, 6.45) is -2.96. The van der Waals surface area contributed by atoms with Crippen LogP contribution in [0.2, 0.25) is 5.02 Å². The third kappa shape index (κ3) is 1.93. The summed E-state index contributed by atoms with van der Waals surface area (Å²) >= 11 is 5.42. The minimum atomic E-state index is -2.96. The van der Waals surface area contributed by atoms with E-state index in [4.69, 9.17) is 17.3 Å². The van der Waals surface area contributed by atoms with Gasteiger partial charge in [0.05, 0.1) is 16.6 Å². The zero-order chi connectivity index (χ0) is 10.9. The number of hydrogen-bond donors (Lipinski definition) is 2. The van der Waals surface area contributed by atoms with Gasteiger partial charge in [-0.15, -0.1) is 0 Å². The average molecular weight is 226 g/mol. The van der Waals surface area contributed by atoms with Gasteiger partial charge >= 0.3 is 0 Å². The van der Waals surface area contributed by atoms with E-state index >= 15 is 0 Å². The van der Waals surface area contributed by atoms with Crippen LogP contribution in [0.1, 0.15) is 11.6 Å². The van der Waals surface area contributed by atoms with Crippen molar-refractivity contribution >= 4 is 11.6 Å². The van der Waals surface area contributed by atoms with Gasteiger partial charge in [0.25, 0.3) is 6.43 Å². The molecule has 0 aliphatic heterocycles. The van der Waals surface area contributed by atoms with Gasteiger partial charge in [-0.25, -0.2) is 13.2 Å². The van der Waals surface area contributed by atoms with Crippen molar-refractivity contribution in [3.8, 4) is 5.75 Å². The van der Waals surface area contributed by atoms with Crippen LogP contribution in [0.3, 0.4) is 0 Å². The minimum Gasteiger partial charge on any atom is -0.506 e. The zero-order valence-electron chi connectivity index (χ0n) is 6.85. The Balaban J connectivity index is 3.25. The second-order valence-electron chi connectivity index (χ2n) is 2.65. The van der Waals surface area contributed by atoms with E-state index in [-0.39, 0.29) is 5.02 Å². The lowest BCUT2D eigenvalue weighted by molar-refractivity contribution is 0.113. The lowest BCUT2D eigenvalue weighted by Gasteiger charge is -2.14. The standard InChI is InChI=1S/C8H7ClF3NO/c9-3-1-2-4(10)5(7(3)14)6(13)8(11)12/h1-2,6,8,14H,13H2. The quantitative estimate of drug-likeness (QED) is 0.812. The van der Waals surface area contributed by atoms with Crippen LogP contribution in [0.25, 0.3) is 0 Å². The van der Waals surface area contributed by atoms with E-state index in [0.29, 0.717) is 0 Å². The van der Waals surface area contributed by atoms with Gasteiger partial charge in [-0.1, -0.05) is 11.6 Å². The first-order valence-electron chi connectivity index (χ1n) is 3.65. The van der Waals surface area contributed by atoms with Crippen molar-refractivity contribution < 1.29 is 18.3 Å². The van der Waals surface area contributed by atoms with Crippen molar-refractivity contribution in [2.75, 3.05) is 0 Å². The topological polar surface area (TPSA) is 46.2 Å². The van der Waals surface area contributed by atoms with Crippen LogP contribution in [0, 0.1) is 5.82 Å². The van der Waals surface area contributed by atoms with Gasteiger partial charge in [0.2, 0.25) is 0 Å². The molecule has 0 aromatic heterocycles. The van der Waals surface area contributed by atoms with Crippen LogP contribution >= 0.6 is 11.6 Å². The van der Waals surface area contributed by atoms with Gasteiger partial charge in [0.15, 0.2) is 0 Å². The molecule has 6 heteroatoms. The van der Waals surface area contributed by atoms with Crippen molar-refractivity contribution in [2.45, 2.75) is 12.5 Å². The van der Waals surface area contributed by atoms with E-state index in [9.17, 15) is 18.3 Å². The van der Waals surface area contributed by atoms with Crippen LogP contribution in [0.15, 0.2) is 12.1 Å². The monoisotopic (exact) mass is 225 g/mol. The molecule has 0 bridgehead atoms. The molecule has 78 valence electrons. The van der Waals surface area contributed by atoms with Gasteiger partial charge < -0.3 is 10.8 Å². The Morgan fingerprint density at radius 1 is 1.36 bits per heavy atom. The largest absolute Gasteiger partial charge is 0.506 e. The predicted molar refractivity (Wildman–Crippen MR) is 46.0 cm³/mol. The number of halogens is 4. The Kier molecular flexibility index (Phi) is 3.23. The van der Waals surface area contributed by atoms with Crippen LogP contribution in [-0.2, 0) is 0 Å². The summed E-state index contributed by atoms with van der Waals surface area (Å²) in [5.41, 5.74) is 4.34. The van der Waals surface area contributed by atoms with Crippen LogP contribution in [-0.4, -0.2) is 11.5 Å². The number of phenolic OH excluding ortho intramolecular Hbond substituents is 1. The molecule has 14 heavy (non-hydrogen) atoms. The fraction of sp³-hybridized carbons (Fsp3) is 0.250. The van der Waals surface area contributed by atoms with Crippen molar-refractivity contribution in [1.29, 1.82) is 0 Å². The van der Waals surface area contributed by atoms with Gasteiger partial charge in [0, 0.05) is 0 Å². The predicted octanol–water partition coefficient (Wildman–Crippen LogP) is 2.45. The maximum absolute atomic E-state index is 13.0. The number of nitrogens with two attached hydrogens (primary N) is 1. The Morgan fingerprint density at radius 3 is 2.43 bits per heavy atom. The first kappa shape index (κ1) is 11.1. The highest BCUT2D eigenvalue weighted by Gasteiger charge is 2.25. The molecule has 0 fully saturated rings. The molecular weight excluding hydrogens is 219 g/mol. The van der Waals surface area contributed by atoms with Crippen molar-refractivity contribution in [3.63, 3.8) is 0 Å². The lowest BCUT2D eigenvalue weighted by atomic mass is 10.1. The summed E-state index contributed by atoms with van der Waals surface area (Å²) in [7, 11) is 0. The Bertz CT molecular complexity index is 346. The van der Waals surface area contributed by atoms with E-state index in [1.54, 1.807) is 0 Å². The fourth-order valence-corrected chi connectivity index (χ4v) is 1.16. The van der Waals surface area contributed by atoms with E-state index in [1.165, 1.54) is 0 Å². The molecule has 0 saturated heterocycles. The molecule has 0 heterocycles. The van der Waals surface area contributed by atoms with Crippen molar-refractivity contribution in [1.82, 2.24) is 0 Å². The molecule has 1 rings (SSSR count). The SMILES string of the molecule is NC(c1c(F)ccc(Cl)c1O)C(F)F. The van der Waals surface area contributed by atoms with Gasteiger partial charge in [0.1, 0.15) is 11.6 Å². The number of alkyl halides is 2. The van der Waals surface area contributed by atoms with Gasteiger partial charge in [-0.3, -0.25) is 0 Å². The first-order valence-corrected chi connectivity index (χ1v) is 4.03. The molecule has 2 nitrogen and oxygen atoms in total. The average Bonchev–Trinajstić information content (AvgIpc) is 2.12. The summed E-state index contributed by atoms with van der Waals surface area (Å²) in [4.78, 5) is 0. The van der Waals surface area contributed by atoms with Gasteiger partial charge in [-0.05, 0) is 12.1 Å². The van der Waals surface area contributed by atoms with E-state index in [2.05, 4.69) is 0 Å². The zero-order valence-corrected chi connectivity index (χ0v) is 7.60. The smallest absolute Gasteiger partial charge is 0.257 e. The van der Waals surface area contributed by atoms with Crippen molar-refractivity contribution in [3.05, 3.63) is 28.5 Å². The first-order chi connectivity index (χ1) is 6.45. The summed E-state index contributed by atoms with van der Waals surface area (Å²) < 4.78 is 37.3. The molecular formula is C8H7ClF3NO. The lowest BCUT2D eigenvalue weighted by Crippen LogP contribution is -2.20. The number of rotatable bonds is 2. The summed E-state index contributed by atoms with van der Waals surface area (Å²) in [5, 5.41) is 9.00. The van der Waals surface area contributed by atoms with Crippen LogP contribution in [0.4, 0.5) is 13.2 Å². The van der Waals surface area contributed by atoms with E-state index in [1.807, 2.05) is 0 Å². The molecule has 0 aliphatic rings. The third-order valence-electron chi connectivity index (χ3n) is 1.72. The third-order valence-corrected chi connectivity index (χ3v) is 2.02. The number of phenols is 1. The molecule has 0 spiro atoms. The fourth-order valence-electron chi connectivity index (χ4n) is 1.000. The molecule has 1 unspecified atom stereocenters. The number of benzene rings is 1. The molecule has 1 atom stereocenters. The highest BCUT2D eigenvalue weighted by molar-refractivity contribution is 6.32. The Morgan fingerprint density at radius 2 is 1.93 bits per heavy atom. The van der Waals surface area contributed by atoms with Gasteiger partial charge in [-0.2, -0.15) is 0 Å². The second kappa shape index (κ2) is 4.06. The maximum Gasteiger partial charge on any atom is 0.257 e. The summed E-state index contributed by atoms with van der Waals surface area (Å²) in [6, 6.07) is 0.0572. The summed E-state index contributed by atoms with van der Waals surface area (Å²) in [5.74, 6) is -1.74. The van der Waals surface area contributed by atoms with E-state index in [0.717, 1.165) is 12.1 Å². The Hall–Kier alpha value is -0.940. The second-order valence-corrected chi connectivity index (χ2v) is 3.06. The summed E-state index contributed by atoms with van der Waals surface area (Å²) in [6.45, 7) is 0. The Labute approximate surface area is 83.1 Å². The highest BCUT2D eigenvalue weighted by atomic mass is 35.5. The van der Waals surface area contributed by atoms with Crippen molar-refractivity contribution in [2.24, 2.45) is 5.73 Å². The molecule has 0 radical (unpaired) electrons. The molecule has 3 N–H and O–H groups in total. The highest BCUT2D eigenvalue weighted by Crippen LogP contribution is 2.34. The maximum atomic E-state index is 13.0. The minimum absolute atomic E-state index is 0.211. The van der Waals surface area contributed by atoms with Crippen LogP contribution < -0.4 is 5.73 Å². The molecule has 1 aromatic rings. The molecule has 0 aliphatic carbocycles. The molecule has 1 aromatic carbocycles.